The quantitative estimate of drug-likeness (QED) is 0.735. The molecule has 2 nitrogen and oxygen atoms in total. The van der Waals surface area contributed by atoms with Crippen LogP contribution in [0.1, 0.15) is 38.5 Å². The lowest BCUT2D eigenvalue weighted by Gasteiger charge is -2.35. The van der Waals surface area contributed by atoms with E-state index in [1.54, 1.807) is 0 Å². The number of carbonyl (C=O) groups is 1. The Kier molecular flexibility index (Phi) is 5.49. The minimum Gasteiger partial charge on any atom is -0.338 e. The number of carbonyl (C=O) groups excluding carboxylic acids is 1. The van der Waals surface area contributed by atoms with E-state index in [0.717, 1.165) is 24.5 Å². The molecule has 1 amide bonds. The summed E-state index contributed by atoms with van der Waals surface area (Å²) in [6, 6.07) is 0.473. The molecule has 2 fully saturated rings. The fraction of sp³-hybridized carbons (Fsp3) is 0.923. The first-order chi connectivity index (χ1) is 8.33. The Morgan fingerprint density at radius 2 is 2.00 bits per heavy atom. The second-order valence-corrected chi connectivity index (χ2v) is 6.60. The summed E-state index contributed by atoms with van der Waals surface area (Å²) in [4.78, 5) is 14.6. The van der Waals surface area contributed by atoms with Gasteiger partial charge in [0.05, 0.1) is 0 Å². The highest BCUT2D eigenvalue weighted by molar-refractivity contribution is 7.99. The number of halogens is 1. The van der Waals surface area contributed by atoms with Gasteiger partial charge in [-0.3, -0.25) is 4.79 Å². The number of alkyl halides is 1. The Labute approximate surface area is 113 Å². The highest BCUT2D eigenvalue weighted by atomic mass is 35.5. The largest absolute Gasteiger partial charge is 0.338 e. The molecular formula is C13H22ClNOS. The van der Waals surface area contributed by atoms with E-state index in [1.165, 1.54) is 32.1 Å². The third-order valence-electron chi connectivity index (χ3n) is 3.90. The fourth-order valence-corrected chi connectivity index (χ4v) is 4.31. The van der Waals surface area contributed by atoms with E-state index in [9.17, 15) is 4.79 Å². The Morgan fingerprint density at radius 1 is 1.24 bits per heavy atom. The summed E-state index contributed by atoms with van der Waals surface area (Å²) in [5.41, 5.74) is 0. The molecule has 4 heteroatoms. The van der Waals surface area contributed by atoms with Gasteiger partial charge in [-0.2, -0.15) is 11.8 Å². The predicted octanol–water partition coefficient (Wildman–Crippen LogP) is 3.14. The molecule has 0 aromatic heterocycles. The SMILES string of the molecule is O=C(C1CCSC1)N(CCCl)C1CCCCC1. The van der Waals surface area contributed by atoms with Gasteiger partial charge in [0.1, 0.15) is 0 Å². The number of amides is 1. The lowest BCUT2D eigenvalue weighted by atomic mass is 9.93. The van der Waals surface area contributed by atoms with Crippen molar-refractivity contribution < 1.29 is 4.79 Å². The van der Waals surface area contributed by atoms with Crippen LogP contribution in [0.25, 0.3) is 0 Å². The smallest absolute Gasteiger partial charge is 0.226 e. The van der Waals surface area contributed by atoms with Crippen LogP contribution in [-0.4, -0.2) is 40.8 Å². The van der Waals surface area contributed by atoms with Crippen LogP contribution in [0.3, 0.4) is 0 Å². The van der Waals surface area contributed by atoms with E-state index in [4.69, 9.17) is 11.6 Å². The van der Waals surface area contributed by atoms with Crippen LogP contribution in [0, 0.1) is 5.92 Å². The summed E-state index contributed by atoms with van der Waals surface area (Å²) >= 11 is 7.78. The van der Waals surface area contributed by atoms with Crippen LogP contribution < -0.4 is 0 Å². The van der Waals surface area contributed by atoms with E-state index in [-0.39, 0.29) is 5.92 Å². The second kappa shape index (κ2) is 6.89. The summed E-state index contributed by atoms with van der Waals surface area (Å²) in [6.07, 6.45) is 7.31. The predicted molar refractivity (Wildman–Crippen MR) is 74.7 cm³/mol. The minimum absolute atomic E-state index is 0.269. The second-order valence-electron chi connectivity index (χ2n) is 5.07. The van der Waals surface area contributed by atoms with Gasteiger partial charge in [0.2, 0.25) is 5.91 Å². The molecule has 1 heterocycles. The molecule has 98 valence electrons. The number of nitrogens with zero attached hydrogens (tertiary/aromatic N) is 1. The van der Waals surface area contributed by atoms with Gasteiger partial charge in [-0.25, -0.2) is 0 Å². The first kappa shape index (κ1) is 13.5. The normalized spacial score (nSPS) is 26.1. The summed E-state index contributed by atoms with van der Waals surface area (Å²) in [6.45, 7) is 0.742. The molecule has 1 atom stereocenters. The molecule has 17 heavy (non-hydrogen) atoms. The molecule has 0 radical (unpaired) electrons. The maximum Gasteiger partial charge on any atom is 0.226 e. The summed E-state index contributed by atoms with van der Waals surface area (Å²) in [5, 5.41) is 0. The Bertz CT molecular complexity index is 250. The summed E-state index contributed by atoms with van der Waals surface area (Å²) in [5.74, 6) is 3.38. The molecule has 0 spiro atoms. The number of hydrogen-bond donors (Lipinski definition) is 0. The Morgan fingerprint density at radius 3 is 2.59 bits per heavy atom. The highest BCUT2D eigenvalue weighted by Gasteiger charge is 2.31. The summed E-state index contributed by atoms with van der Waals surface area (Å²) < 4.78 is 0. The molecule has 1 aliphatic carbocycles. The zero-order valence-electron chi connectivity index (χ0n) is 10.4. The summed E-state index contributed by atoms with van der Waals surface area (Å²) in [7, 11) is 0. The molecule has 1 saturated carbocycles. The zero-order valence-corrected chi connectivity index (χ0v) is 11.9. The zero-order chi connectivity index (χ0) is 12.1. The maximum absolute atomic E-state index is 12.5. The van der Waals surface area contributed by atoms with Crippen molar-refractivity contribution in [2.24, 2.45) is 5.92 Å². The van der Waals surface area contributed by atoms with Crippen molar-refractivity contribution in [1.82, 2.24) is 4.90 Å². The first-order valence-corrected chi connectivity index (χ1v) is 8.46. The van der Waals surface area contributed by atoms with E-state index >= 15 is 0 Å². The third-order valence-corrected chi connectivity index (χ3v) is 5.23. The van der Waals surface area contributed by atoms with Crippen molar-refractivity contribution >= 4 is 29.3 Å². The number of thioether (sulfide) groups is 1. The highest BCUT2D eigenvalue weighted by Crippen LogP contribution is 2.29. The Hall–Kier alpha value is 0.110. The van der Waals surface area contributed by atoms with E-state index in [0.29, 0.717) is 17.8 Å². The van der Waals surface area contributed by atoms with Gasteiger partial charge in [-0.1, -0.05) is 19.3 Å². The van der Waals surface area contributed by atoms with Crippen molar-refractivity contribution in [3.63, 3.8) is 0 Å². The topological polar surface area (TPSA) is 20.3 Å². The van der Waals surface area contributed by atoms with Crippen LogP contribution in [0.2, 0.25) is 0 Å². The van der Waals surface area contributed by atoms with E-state index < -0.39 is 0 Å². The van der Waals surface area contributed by atoms with Crippen LogP contribution in [0.4, 0.5) is 0 Å². The molecule has 1 saturated heterocycles. The minimum atomic E-state index is 0.269. The number of hydrogen-bond acceptors (Lipinski definition) is 2. The van der Waals surface area contributed by atoms with Gasteiger partial charge >= 0.3 is 0 Å². The van der Waals surface area contributed by atoms with Crippen molar-refractivity contribution in [2.45, 2.75) is 44.6 Å². The third kappa shape index (κ3) is 3.54. The van der Waals surface area contributed by atoms with Gasteiger partial charge in [-0.05, 0) is 25.0 Å². The van der Waals surface area contributed by atoms with Crippen LogP contribution >= 0.6 is 23.4 Å². The molecule has 0 aromatic carbocycles. The molecule has 0 N–H and O–H groups in total. The fourth-order valence-electron chi connectivity index (χ4n) is 2.92. The van der Waals surface area contributed by atoms with Gasteiger partial charge in [0, 0.05) is 30.1 Å². The lowest BCUT2D eigenvalue weighted by Crippen LogP contribution is -2.45. The molecule has 1 unspecified atom stereocenters. The van der Waals surface area contributed by atoms with Crippen molar-refractivity contribution in [1.29, 1.82) is 0 Å². The lowest BCUT2D eigenvalue weighted by molar-refractivity contribution is -0.137. The molecule has 2 aliphatic rings. The average molecular weight is 276 g/mol. The molecular weight excluding hydrogens is 254 g/mol. The molecule has 2 rings (SSSR count). The maximum atomic E-state index is 12.5. The van der Waals surface area contributed by atoms with Crippen molar-refractivity contribution in [3.8, 4) is 0 Å². The standard InChI is InChI=1S/C13H22ClNOS/c14-7-8-15(12-4-2-1-3-5-12)13(16)11-6-9-17-10-11/h11-12H,1-10H2. The van der Waals surface area contributed by atoms with Gasteiger partial charge in [0.15, 0.2) is 0 Å². The monoisotopic (exact) mass is 275 g/mol. The molecule has 1 aliphatic heterocycles. The van der Waals surface area contributed by atoms with Crippen molar-refractivity contribution in [2.75, 3.05) is 23.9 Å². The van der Waals surface area contributed by atoms with E-state index in [1.807, 2.05) is 11.8 Å². The first-order valence-electron chi connectivity index (χ1n) is 6.77. The van der Waals surface area contributed by atoms with E-state index in [2.05, 4.69) is 4.90 Å². The van der Waals surface area contributed by atoms with Crippen molar-refractivity contribution in [3.05, 3.63) is 0 Å². The Balaban J connectivity index is 1.96. The average Bonchev–Trinajstić information content (AvgIpc) is 2.90. The molecule has 0 aromatic rings. The van der Waals surface area contributed by atoms with Crippen LogP contribution in [0.15, 0.2) is 0 Å². The van der Waals surface area contributed by atoms with Gasteiger partial charge in [0.25, 0.3) is 0 Å². The van der Waals surface area contributed by atoms with Gasteiger partial charge in [-0.15, -0.1) is 11.6 Å². The van der Waals surface area contributed by atoms with Crippen LogP contribution in [-0.2, 0) is 4.79 Å². The number of rotatable bonds is 4. The van der Waals surface area contributed by atoms with Gasteiger partial charge < -0.3 is 4.90 Å². The van der Waals surface area contributed by atoms with Crippen LogP contribution in [0.5, 0.6) is 0 Å². The molecule has 0 bridgehead atoms.